The average molecular weight is 769 g/mol. The lowest BCUT2D eigenvalue weighted by Gasteiger charge is -2.26. The van der Waals surface area contributed by atoms with Gasteiger partial charge in [0.1, 0.15) is 0 Å². The van der Waals surface area contributed by atoms with E-state index < -0.39 is 0 Å². The summed E-state index contributed by atoms with van der Waals surface area (Å²) in [7, 11) is 0. The normalized spacial score (nSPS) is 11.7. The molecule has 2 heterocycles. The molecule has 3 heteroatoms. The van der Waals surface area contributed by atoms with Gasteiger partial charge >= 0.3 is 0 Å². The molecule has 59 heavy (non-hydrogen) atoms. The Kier molecular flexibility index (Phi) is 7.75. The second kappa shape index (κ2) is 13.6. The molecule has 2 aromatic heterocycles. The lowest BCUT2D eigenvalue weighted by atomic mass is 9.98. The van der Waals surface area contributed by atoms with E-state index in [0.717, 1.165) is 17.1 Å². The molecular formula is C56H36N2S. The summed E-state index contributed by atoms with van der Waals surface area (Å²) in [6.07, 6.45) is 0. The van der Waals surface area contributed by atoms with Crippen LogP contribution in [0.4, 0.5) is 17.1 Å². The van der Waals surface area contributed by atoms with Gasteiger partial charge < -0.3 is 9.47 Å². The summed E-state index contributed by atoms with van der Waals surface area (Å²) >= 11 is 1.89. The summed E-state index contributed by atoms with van der Waals surface area (Å²) in [4.78, 5) is 2.44. The van der Waals surface area contributed by atoms with E-state index >= 15 is 0 Å². The van der Waals surface area contributed by atoms with Gasteiger partial charge in [0.05, 0.1) is 21.4 Å². The predicted molar refractivity (Wildman–Crippen MR) is 254 cm³/mol. The Morgan fingerprint density at radius 1 is 0.339 bits per heavy atom. The molecule has 0 aliphatic rings. The molecule has 2 nitrogen and oxygen atoms in total. The second-order valence-electron chi connectivity index (χ2n) is 15.3. The lowest BCUT2D eigenvalue weighted by Crippen LogP contribution is -2.10. The summed E-state index contributed by atoms with van der Waals surface area (Å²) < 4.78 is 5.00. The number of fused-ring (bicyclic) bond motifs is 9. The van der Waals surface area contributed by atoms with E-state index in [9.17, 15) is 0 Å². The molecule has 0 amide bonds. The van der Waals surface area contributed by atoms with Gasteiger partial charge in [-0.2, -0.15) is 0 Å². The van der Waals surface area contributed by atoms with E-state index in [4.69, 9.17) is 0 Å². The lowest BCUT2D eigenvalue weighted by molar-refractivity contribution is 1.18. The number of aromatic nitrogens is 1. The van der Waals surface area contributed by atoms with Crippen LogP contribution >= 0.6 is 11.3 Å². The van der Waals surface area contributed by atoms with Gasteiger partial charge in [-0.15, -0.1) is 11.3 Å². The first-order valence-corrected chi connectivity index (χ1v) is 21.0. The minimum absolute atomic E-state index is 1.11. The van der Waals surface area contributed by atoms with Crippen molar-refractivity contribution in [3.63, 3.8) is 0 Å². The Morgan fingerprint density at radius 2 is 0.881 bits per heavy atom. The number of benzene rings is 10. The Balaban J connectivity index is 0.993. The molecule has 12 rings (SSSR count). The third kappa shape index (κ3) is 5.47. The van der Waals surface area contributed by atoms with Crippen LogP contribution in [-0.4, -0.2) is 4.57 Å². The van der Waals surface area contributed by atoms with E-state index in [1.54, 1.807) is 0 Å². The van der Waals surface area contributed by atoms with Crippen LogP contribution in [0.3, 0.4) is 0 Å². The number of rotatable bonds is 6. The summed E-state index contributed by atoms with van der Waals surface area (Å²) in [5, 5.41) is 10.2. The smallest absolute Gasteiger partial charge is 0.0640 e. The van der Waals surface area contributed by atoms with Gasteiger partial charge in [0.25, 0.3) is 0 Å². The zero-order chi connectivity index (χ0) is 38.9. The van der Waals surface area contributed by atoms with Crippen molar-refractivity contribution < 1.29 is 0 Å². The van der Waals surface area contributed by atoms with Crippen molar-refractivity contribution in [2.24, 2.45) is 0 Å². The van der Waals surface area contributed by atoms with Gasteiger partial charge in [-0.1, -0.05) is 164 Å². The van der Waals surface area contributed by atoms with Crippen LogP contribution in [0.15, 0.2) is 218 Å². The first-order valence-electron chi connectivity index (χ1n) is 20.2. The number of nitrogens with zero attached hydrogens (tertiary/aromatic N) is 2. The van der Waals surface area contributed by atoms with Crippen molar-refractivity contribution in [2.45, 2.75) is 0 Å². The fraction of sp³-hybridized carbons (Fsp3) is 0. The topological polar surface area (TPSA) is 8.17 Å². The molecule has 276 valence electrons. The summed E-state index contributed by atoms with van der Waals surface area (Å²) in [6, 6.07) is 79.8. The van der Waals surface area contributed by atoms with E-state index in [1.807, 2.05) is 11.3 Å². The first kappa shape index (κ1) is 33.7. The van der Waals surface area contributed by atoms with Crippen LogP contribution in [0.1, 0.15) is 0 Å². The van der Waals surface area contributed by atoms with Crippen LogP contribution in [0.25, 0.3) is 91.5 Å². The maximum atomic E-state index is 2.44. The monoisotopic (exact) mass is 768 g/mol. The number of thiophene rings is 1. The fourth-order valence-electron chi connectivity index (χ4n) is 9.21. The Labute approximate surface area is 346 Å². The van der Waals surface area contributed by atoms with Crippen molar-refractivity contribution in [2.75, 3.05) is 4.90 Å². The molecule has 0 saturated heterocycles. The van der Waals surface area contributed by atoms with Crippen molar-refractivity contribution in [1.82, 2.24) is 4.57 Å². The molecule has 0 unspecified atom stereocenters. The van der Waals surface area contributed by atoms with Gasteiger partial charge in [-0.3, -0.25) is 0 Å². The van der Waals surface area contributed by atoms with Gasteiger partial charge in [0, 0.05) is 43.3 Å². The molecule has 0 atom stereocenters. The Morgan fingerprint density at radius 3 is 1.61 bits per heavy atom. The Bertz CT molecular complexity index is 3500. The maximum absolute atomic E-state index is 2.44. The molecule has 0 bridgehead atoms. The number of hydrogen-bond acceptors (Lipinski definition) is 2. The molecule has 12 aromatic rings. The summed E-state index contributed by atoms with van der Waals surface area (Å²) in [6.45, 7) is 0. The Hall–Kier alpha value is -7.46. The van der Waals surface area contributed by atoms with Crippen LogP contribution in [0, 0.1) is 0 Å². The maximum Gasteiger partial charge on any atom is 0.0640 e. The molecule has 0 aliphatic carbocycles. The van der Waals surface area contributed by atoms with Crippen molar-refractivity contribution >= 4 is 91.9 Å². The largest absolute Gasteiger partial charge is 0.309 e. The molecule has 0 N–H and O–H groups in total. The molecule has 0 aliphatic heterocycles. The van der Waals surface area contributed by atoms with Crippen molar-refractivity contribution in [3.05, 3.63) is 218 Å². The first-order chi connectivity index (χ1) is 29.3. The minimum atomic E-state index is 1.11. The number of hydrogen-bond donors (Lipinski definition) is 0. The minimum Gasteiger partial charge on any atom is -0.309 e. The van der Waals surface area contributed by atoms with Crippen LogP contribution in [-0.2, 0) is 0 Å². The van der Waals surface area contributed by atoms with Crippen LogP contribution < -0.4 is 4.90 Å². The third-order valence-electron chi connectivity index (χ3n) is 12.0. The van der Waals surface area contributed by atoms with E-state index in [2.05, 4.69) is 228 Å². The number of para-hydroxylation sites is 2. The zero-order valence-electron chi connectivity index (χ0n) is 32.1. The van der Waals surface area contributed by atoms with E-state index in [-0.39, 0.29) is 0 Å². The predicted octanol–water partition coefficient (Wildman–Crippen LogP) is 16.3. The fourth-order valence-corrected chi connectivity index (χ4v) is 10.5. The standard InChI is InChI=1S/C56H36N2S/c1-3-17-45-38(12-1)14-10-21-46(45)40-28-33-43(34-29-40)57(54-25-11-22-50-51-35-30-39-13-2-4-18-47(39)55(51)59-56(50)54)42-31-26-37(27-32-42)41-15-9-16-44(36-41)58-52-23-7-5-19-48(52)49-20-6-8-24-53(49)58/h1-36H. The summed E-state index contributed by atoms with van der Waals surface area (Å²) in [5.41, 5.74) is 11.8. The second-order valence-corrected chi connectivity index (χ2v) is 16.3. The highest BCUT2D eigenvalue weighted by molar-refractivity contribution is 7.27. The van der Waals surface area contributed by atoms with Gasteiger partial charge in [-0.05, 0) is 98.4 Å². The molecular weight excluding hydrogens is 733 g/mol. The number of anilines is 3. The van der Waals surface area contributed by atoms with Gasteiger partial charge in [0.15, 0.2) is 0 Å². The van der Waals surface area contributed by atoms with Gasteiger partial charge in [0.2, 0.25) is 0 Å². The average Bonchev–Trinajstić information content (AvgIpc) is 3.86. The van der Waals surface area contributed by atoms with Crippen molar-refractivity contribution in [1.29, 1.82) is 0 Å². The van der Waals surface area contributed by atoms with Crippen molar-refractivity contribution in [3.8, 4) is 27.9 Å². The van der Waals surface area contributed by atoms with E-state index in [0.29, 0.717) is 0 Å². The highest BCUT2D eigenvalue weighted by atomic mass is 32.1. The van der Waals surface area contributed by atoms with E-state index in [1.165, 1.54) is 91.5 Å². The molecule has 0 spiro atoms. The van der Waals surface area contributed by atoms with Gasteiger partial charge in [-0.25, -0.2) is 0 Å². The molecule has 0 fully saturated rings. The quantitative estimate of drug-likeness (QED) is 0.164. The van der Waals surface area contributed by atoms with Crippen LogP contribution in [0.2, 0.25) is 0 Å². The zero-order valence-corrected chi connectivity index (χ0v) is 32.9. The highest BCUT2D eigenvalue weighted by Gasteiger charge is 2.20. The molecule has 0 saturated carbocycles. The van der Waals surface area contributed by atoms with Crippen LogP contribution in [0.5, 0.6) is 0 Å². The molecule has 10 aromatic carbocycles. The highest BCUT2D eigenvalue weighted by Crippen LogP contribution is 2.47. The third-order valence-corrected chi connectivity index (χ3v) is 13.3. The summed E-state index contributed by atoms with van der Waals surface area (Å²) in [5.74, 6) is 0. The SMILES string of the molecule is c1cc(-c2ccc(N(c3ccc(-c4cccc5ccccc45)cc3)c3cccc4c3sc3c5ccccc5ccc43)cc2)cc(-n2c3ccccc3c3ccccc32)c1. The molecule has 0 radical (unpaired) electrons.